The van der Waals surface area contributed by atoms with Gasteiger partial charge in [0.1, 0.15) is 18.2 Å². The van der Waals surface area contributed by atoms with E-state index in [2.05, 4.69) is 175 Å². The van der Waals surface area contributed by atoms with Crippen molar-refractivity contribution in [1.29, 1.82) is 0 Å². The number of nitrogens with zero attached hydrogens (tertiary/aromatic N) is 3. The van der Waals surface area contributed by atoms with E-state index in [1.807, 2.05) is 0 Å². The molecule has 2 aromatic carbocycles. The summed E-state index contributed by atoms with van der Waals surface area (Å²) in [7, 11) is 0. The number of aromatic nitrogens is 1. The summed E-state index contributed by atoms with van der Waals surface area (Å²) in [5.41, 5.74) is 11.0. The third-order valence-electron chi connectivity index (χ3n) is 13.9. The zero-order valence-electron chi connectivity index (χ0n) is 32.1. The molecule has 274 valence electrons. The molecule has 2 N–H and O–H groups in total. The van der Waals surface area contributed by atoms with Gasteiger partial charge in [-0.3, -0.25) is 5.32 Å². The van der Waals surface area contributed by atoms with Crippen molar-refractivity contribution in [3.05, 3.63) is 155 Å². The molecule has 7 aliphatic rings. The molecular formula is C49H53N5. The van der Waals surface area contributed by atoms with Crippen LogP contribution < -0.4 is 15.5 Å². The molecule has 0 spiro atoms. The highest BCUT2D eigenvalue weighted by Gasteiger charge is 2.47. The number of para-hydroxylation sites is 2. The molecule has 3 heterocycles. The number of aliphatic imine (C=N–C) groups is 1. The van der Waals surface area contributed by atoms with E-state index in [0.717, 1.165) is 37.9 Å². The molecule has 2 aliphatic heterocycles. The van der Waals surface area contributed by atoms with Gasteiger partial charge in [-0.15, -0.1) is 0 Å². The highest BCUT2D eigenvalue weighted by atomic mass is 15.3. The van der Waals surface area contributed by atoms with E-state index in [1.54, 1.807) is 0 Å². The van der Waals surface area contributed by atoms with Gasteiger partial charge < -0.3 is 14.8 Å². The van der Waals surface area contributed by atoms with Crippen molar-refractivity contribution < 1.29 is 0 Å². The second kappa shape index (κ2) is 13.2. The Labute approximate surface area is 321 Å². The molecule has 0 saturated carbocycles. The van der Waals surface area contributed by atoms with Crippen LogP contribution in [0.25, 0.3) is 17.0 Å². The lowest BCUT2D eigenvalue weighted by Gasteiger charge is -2.45. The Bertz CT molecular complexity index is 2270. The summed E-state index contributed by atoms with van der Waals surface area (Å²) in [6, 6.07) is 20.6. The molecule has 0 fully saturated rings. The highest BCUT2D eigenvalue weighted by molar-refractivity contribution is 5.92. The van der Waals surface area contributed by atoms with Gasteiger partial charge in [-0.1, -0.05) is 131 Å². The number of rotatable bonds is 5. The van der Waals surface area contributed by atoms with Crippen LogP contribution >= 0.6 is 0 Å². The molecule has 0 amide bonds. The van der Waals surface area contributed by atoms with Gasteiger partial charge in [0, 0.05) is 51.1 Å². The van der Waals surface area contributed by atoms with Crippen LogP contribution in [-0.4, -0.2) is 28.8 Å². The van der Waals surface area contributed by atoms with Gasteiger partial charge >= 0.3 is 0 Å². The molecule has 5 heteroatoms. The smallest absolute Gasteiger partial charge is 0.126 e. The lowest BCUT2D eigenvalue weighted by Crippen LogP contribution is -2.60. The van der Waals surface area contributed by atoms with E-state index in [4.69, 9.17) is 4.99 Å². The number of anilines is 1. The van der Waals surface area contributed by atoms with Crippen molar-refractivity contribution in [2.24, 2.45) is 28.2 Å². The van der Waals surface area contributed by atoms with E-state index >= 15 is 0 Å². The van der Waals surface area contributed by atoms with Gasteiger partial charge in [-0.05, 0) is 84.6 Å². The fraction of sp³-hybridized carbons (Fsp3) is 0.367. The number of benzene rings is 2. The van der Waals surface area contributed by atoms with Crippen LogP contribution in [0, 0.1) is 23.2 Å². The predicted octanol–water partition coefficient (Wildman–Crippen LogP) is 10.7. The minimum Gasteiger partial charge on any atom is -0.354 e. The maximum Gasteiger partial charge on any atom is 0.126 e. The Morgan fingerprint density at radius 1 is 0.833 bits per heavy atom. The normalized spacial score (nSPS) is 33.9. The third kappa shape index (κ3) is 5.18. The van der Waals surface area contributed by atoms with Crippen LogP contribution in [0.2, 0.25) is 0 Å². The molecule has 54 heavy (non-hydrogen) atoms. The van der Waals surface area contributed by atoms with Crippen LogP contribution in [0.1, 0.15) is 83.0 Å². The number of nitrogens with one attached hydrogen (secondary N) is 2. The lowest BCUT2D eigenvalue weighted by atomic mass is 9.69. The maximum atomic E-state index is 5.61. The number of hydrogen-bond acceptors (Lipinski definition) is 4. The van der Waals surface area contributed by atoms with Gasteiger partial charge in [-0.25, -0.2) is 4.99 Å². The molecule has 0 saturated heterocycles. The van der Waals surface area contributed by atoms with E-state index in [-0.39, 0.29) is 41.7 Å². The zero-order valence-corrected chi connectivity index (χ0v) is 32.1. The van der Waals surface area contributed by atoms with Crippen molar-refractivity contribution >= 4 is 28.5 Å². The minimum atomic E-state index is -0.117. The lowest BCUT2D eigenvalue weighted by molar-refractivity contribution is 0.274. The molecule has 9 unspecified atom stereocenters. The summed E-state index contributed by atoms with van der Waals surface area (Å²) in [5, 5.41) is 9.30. The van der Waals surface area contributed by atoms with Crippen molar-refractivity contribution in [3.63, 3.8) is 0 Å². The molecule has 5 nitrogen and oxygen atoms in total. The number of hydrogen-bond donors (Lipinski definition) is 2. The summed E-state index contributed by atoms with van der Waals surface area (Å²) in [5.74, 6) is 2.62. The first-order valence-corrected chi connectivity index (χ1v) is 20.5. The van der Waals surface area contributed by atoms with Crippen LogP contribution in [0.3, 0.4) is 0 Å². The van der Waals surface area contributed by atoms with E-state index in [1.165, 1.54) is 50.3 Å². The summed E-state index contributed by atoms with van der Waals surface area (Å²) in [6.07, 6.45) is 33.9. The molecule has 10 rings (SSSR count). The molecule has 3 aromatic rings. The molecule has 0 bridgehead atoms. The van der Waals surface area contributed by atoms with Crippen LogP contribution in [0.4, 0.5) is 5.69 Å². The Balaban J connectivity index is 1.06. The first kappa shape index (κ1) is 33.7. The first-order valence-electron chi connectivity index (χ1n) is 20.5. The average molecular weight is 712 g/mol. The predicted molar refractivity (Wildman–Crippen MR) is 225 cm³/mol. The second-order valence-electron chi connectivity index (χ2n) is 17.0. The van der Waals surface area contributed by atoms with Gasteiger partial charge in [0.2, 0.25) is 0 Å². The molecule has 0 radical (unpaired) electrons. The summed E-state index contributed by atoms with van der Waals surface area (Å²) in [6.45, 7) is 9.65. The fourth-order valence-corrected chi connectivity index (χ4v) is 10.7. The topological polar surface area (TPSA) is 44.6 Å². The number of amidine groups is 1. The standard InChI is InChI=1S/C49H53N5/c1-31-17-15-25-38-44-41(53(45(31)38)35-21-9-6-10-22-35)28-29-42-43(44)37-23-11-12-26-40(37)54(42)39-27-16-24-36(33(39)3)47-50-46(34-19-7-5-8-20-34)51-48(52-47)49(4)30-14-13-18-32(49)2/h6-7,9-16,19-29,31-33,39,41,44,46-47,50H,5,8,17-18,30H2,1-4H3,(H,51,52). The van der Waals surface area contributed by atoms with Crippen molar-refractivity contribution in [3.8, 4) is 0 Å². The fourth-order valence-electron chi connectivity index (χ4n) is 10.7. The molecule has 9 atom stereocenters. The zero-order chi connectivity index (χ0) is 36.6. The van der Waals surface area contributed by atoms with Crippen LogP contribution in [-0.2, 0) is 0 Å². The Hall–Kier alpha value is -4.87. The van der Waals surface area contributed by atoms with Crippen LogP contribution in [0.15, 0.2) is 149 Å². The Morgan fingerprint density at radius 3 is 2.52 bits per heavy atom. The largest absolute Gasteiger partial charge is 0.354 e. The number of allylic oxidation sites excluding steroid dienone is 10. The highest BCUT2D eigenvalue weighted by Crippen LogP contribution is 2.54. The van der Waals surface area contributed by atoms with Crippen molar-refractivity contribution in [1.82, 2.24) is 15.2 Å². The number of fused-ring (bicyclic) bond motifs is 6. The van der Waals surface area contributed by atoms with Crippen LogP contribution in [0.5, 0.6) is 0 Å². The van der Waals surface area contributed by atoms with Gasteiger partial charge in [0.05, 0.1) is 12.1 Å². The van der Waals surface area contributed by atoms with Gasteiger partial charge in [0.15, 0.2) is 0 Å². The Morgan fingerprint density at radius 2 is 1.69 bits per heavy atom. The second-order valence-corrected chi connectivity index (χ2v) is 17.0. The monoisotopic (exact) mass is 711 g/mol. The Kier molecular flexibility index (Phi) is 8.21. The molecule has 5 aliphatic carbocycles. The first-order chi connectivity index (χ1) is 26.4. The van der Waals surface area contributed by atoms with Crippen molar-refractivity contribution in [2.75, 3.05) is 4.90 Å². The van der Waals surface area contributed by atoms with Gasteiger partial charge in [-0.2, -0.15) is 0 Å². The van der Waals surface area contributed by atoms with E-state index in [0.29, 0.717) is 11.8 Å². The summed E-state index contributed by atoms with van der Waals surface area (Å²) in [4.78, 5) is 8.26. The molecular weight excluding hydrogens is 659 g/mol. The minimum absolute atomic E-state index is 0.0230. The van der Waals surface area contributed by atoms with Gasteiger partial charge in [0.25, 0.3) is 0 Å². The quantitative estimate of drug-likeness (QED) is 0.259. The molecule has 1 aromatic heterocycles. The SMILES string of the molecule is CC1CC=CC2=C1N(c1ccccc1)C1C=Cc3c(c4ccccc4n3C3C=CC=C(C4N=C(C5(C)CC=CCC5C)NC(C5=CCCC=C5)N4)C3C)C21. The summed E-state index contributed by atoms with van der Waals surface area (Å²) < 4.78 is 2.66. The summed E-state index contributed by atoms with van der Waals surface area (Å²) >= 11 is 0. The van der Waals surface area contributed by atoms with E-state index < -0.39 is 0 Å². The maximum absolute atomic E-state index is 5.61. The average Bonchev–Trinajstić information content (AvgIpc) is 3.73. The van der Waals surface area contributed by atoms with Crippen molar-refractivity contribution in [2.45, 2.75) is 90.1 Å². The van der Waals surface area contributed by atoms with E-state index in [9.17, 15) is 0 Å². The third-order valence-corrected chi connectivity index (χ3v) is 13.9.